The van der Waals surface area contributed by atoms with Crippen molar-refractivity contribution >= 4 is 0 Å². The molecule has 0 aromatic heterocycles. The molecule has 3 heteroatoms. The number of rotatable bonds is 7. The Kier molecular flexibility index (Phi) is 5.90. The second-order valence-corrected chi connectivity index (χ2v) is 3.77. The summed E-state index contributed by atoms with van der Waals surface area (Å²) < 4.78 is 5.48. The van der Waals surface area contributed by atoms with E-state index in [1.165, 1.54) is 0 Å². The molecule has 2 N–H and O–H groups in total. The van der Waals surface area contributed by atoms with E-state index < -0.39 is 0 Å². The van der Waals surface area contributed by atoms with Gasteiger partial charge in [-0.25, -0.2) is 0 Å². The van der Waals surface area contributed by atoms with Crippen LogP contribution in [-0.4, -0.2) is 23.4 Å². The third-order valence-corrected chi connectivity index (χ3v) is 2.47. The largest absolute Gasteiger partial charge is 0.494 e. The number of aliphatic hydroxyl groups is 2. The molecule has 0 aliphatic heterocycles. The fourth-order valence-electron chi connectivity index (χ4n) is 1.43. The van der Waals surface area contributed by atoms with Crippen molar-refractivity contribution in [2.45, 2.75) is 32.3 Å². The topological polar surface area (TPSA) is 49.7 Å². The Balaban J connectivity index is 2.39. The maximum absolute atomic E-state index is 9.60. The highest BCUT2D eigenvalue weighted by Gasteiger charge is 2.03. The number of hydrogen-bond donors (Lipinski definition) is 2. The molecule has 1 atom stereocenters. The summed E-state index contributed by atoms with van der Waals surface area (Å²) in [5, 5.41) is 18.2. The number of ether oxygens (including phenoxy) is 1. The molecule has 1 rings (SSSR count). The summed E-state index contributed by atoms with van der Waals surface area (Å²) in [6.45, 7) is 2.78. The SMILES string of the molecule is CCC(O)c1ccc(OCCCCO)cc1. The number of benzene rings is 1. The van der Waals surface area contributed by atoms with E-state index in [9.17, 15) is 5.11 Å². The lowest BCUT2D eigenvalue weighted by atomic mass is 10.1. The Morgan fingerprint density at radius 3 is 2.44 bits per heavy atom. The molecule has 1 aromatic carbocycles. The van der Waals surface area contributed by atoms with Gasteiger partial charge >= 0.3 is 0 Å². The van der Waals surface area contributed by atoms with Gasteiger partial charge in [0, 0.05) is 6.61 Å². The Bertz CT molecular complexity index is 282. The van der Waals surface area contributed by atoms with Gasteiger partial charge in [-0.3, -0.25) is 0 Å². The second kappa shape index (κ2) is 7.25. The van der Waals surface area contributed by atoms with E-state index in [4.69, 9.17) is 9.84 Å². The van der Waals surface area contributed by atoms with Gasteiger partial charge in [0.05, 0.1) is 12.7 Å². The molecule has 1 aromatic rings. The fraction of sp³-hybridized carbons (Fsp3) is 0.538. The van der Waals surface area contributed by atoms with Gasteiger partial charge in [0.2, 0.25) is 0 Å². The molecule has 1 unspecified atom stereocenters. The van der Waals surface area contributed by atoms with Crippen LogP contribution in [0.4, 0.5) is 0 Å². The molecule has 0 spiro atoms. The number of aliphatic hydroxyl groups excluding tert-OH is 2. The van der Waals surface area contributed by atoms with E-state index in [2.05, 4.69) is 0 Å². The molecular weight excluding hydrogens is 204 g/mol. The quantitative estimate of drug-likeness (QED) is 0.699. The molecule has 0 saturated carbocycles. The first-order valence-corrected chi connectivity index (χ1v) is 5.79. The zero-order chi connectivity index (χ0) is 11.8. The molecule has 0 radical (unpaired) electrons. The van der Waals surface area contributed by atoms with Gasteiger partial charge in [-0.2, -0.15) is 0 Å². The Morgan fingerprint density at radius 2 is 1.88 bits per heavy atom. The lowest BCUT2D eigenvalue weighted by Crippen LogP contribution is -1.99. The summed E-state index contributed by atoms with van der Waals surface area (Å²) >= 11 is 0. The molecule has 16 heavy (non-hydrogen) atoms. The molecule has 0 fully saturated rings. The van der Waals surface area contributed by atoms with Gasteiger partial charge in [0.1, 0.15) is 5.75 Å². The minimum absolute atomic E-state index is 0.213. The normalized spacial score (nSPS) is 12.4. The number of unbranched alkanes of at least 4 members (excludes halogenated alkanes) is 1. The lowest BCUT2D eigenvalue weighted by molar-refractivity contribution is 0.173. The first kappa shape index (κ1) is 13.0. The molecule has 0 amide bonds. The molecule has 0 aliphatic rings. The highest BCUT2D eigenvalue weighted by atomic mass is 16.5. The van der Waals surface area contributed by atoms with Gasteiger partial charge in [-0.15, -0.1) is 0 Å². The maximum Gasteiger partial charge on any atom is 0.119 e. The van der Waals surface area contributed by atoms with E-state index >= 15 is 0 Å². The highest BCUT2D eigenvalue weighted by molar-refractivity contribution is 5.28. The van der Waals surface area contributed by atoms with E-state index in [1.807, 2.05) is 31.2 Å². The standard InChI is InChI=1S/C13H20O3/c1-2-13(15)11-5-7-12(8-6-11)16-10-4-3-9-14/h5-8,13-15H,2-4,9-10H2,1H3. The monoisotopic (exact) mass is 224 g/mol. The zero-order valence-corrected chi connectivity index (χ0v) is 9.72. The van der Waals surface area contributed by atoms with Crippen LogP contribution in [0.5, 0.6) is 5.75 Å². The van der Waals surface area contributed by atoms with Crippen LogP contribution in [0.1, 0.15) is 37.9 Å². The van der Waals surface area contributed by atoms with Crippen LogP contribution in [0.3, 0.4) is 0 Å². The molecule has 0 bridgehead atoms. The smallest absolute Gasteiger partial charge is 0.119 e. The minimum Gasteiger partial charge on any atom is -0.494 e. The maximum atomic E-state index is 9.60. The van der Waals surface area contributed by atoms with E-state index in [1.54, 1.807) is 0 Å². The van der Waals surface area contributed by atoms with Gasteiger partial charge in [-0.1, -0.05) is 19.1 Å². The third kappa shape index (κ3) is 4.21. The minimum atomic E-state index is -0.386. The molecule has 0 aliphatic carbocycles. The van der Waals surface area contributed by atoms with Crippen molar-refractivity contribution < 1.29 is 14.9 Å². The first-order chi connectivity index (χ1) is 7.77. The van der Waals surface area contributed by atoms with Crippen molar-refractivity contribution in [3.63, 3.8) is 0 Å². The summed E-state index contributed by atoms with van der Waals surface area (Å²) in [6.07, 6.45) is 1.96. The zero-order valence-electron chi connectivity index (χ0n) is 9.72. The fourth-order valence-corrected chi connectivity index (χ4v) is 1.43. The molecule has 3 nitrogen and oxygen atoms in total. The van der Waals surface area contributed by atoms with Gasteiger partial charge in [0.15, 0.2) is 0 Å². The van der Waals surface area contributed by atoms with Crippen LogP contribution < -0.4 is 4.74 Å². The Morgan fingerprint density at radius 1 is 1.19 bits per heavy atom. The van der Waals surface area contributed by atoms with Crippen molar-refractivity contribution in [2.75, 3.05) is 13.2 Å². The van der Waals surface area contributed by atoms with Crippen LogP contribution in [0.15, 0.2) is 24.3 Å². The molecular formula is C13H20O3. The predicted octanol–water partition coefficient (Wildman–Crippen LogP) is 2.28. The highest BCUT2D eigenvalue weighted by Crippen LogP contribution is 2.19. The van der Waals surface area contributed by atoms with Crippen LogP contribution in [-0.2, 0) is 0 Å². The summed E-state index contributed by atoms with van der Waals surface area (Å²) in [7, 11) is 0. The van der Waals surface area contributed by atoms with Gasteiger partial charge in [0.25, 0.3) is 0 Å². The van der Waals surface area contributed by atoms with Crippen LogP contribution in [0.2, 0.25) is 0 Å². The average Bonchev–Trinajstić information content (AvgIpc) is 2.34. The van der Waals surface area contributed by atoms with Crippen molar-refractivity contribution in [3.05, 3.63) is 29.8 Å². The van der Waals surface area contributed by atoms with E-state index in [0.29, 0.717) is 6.61 Å². The van der Waals surface area contributed by atoms with E-state index in [0.717, 1.165) is 30.6 Å². The average molecular weight is 224 g/mol. The molecule has 0 heterocycles. The Labute approximate surface area is 96.7 Å². The summed E-state index contributed by atoms with van der Waals surface area (Å²) in [4.78, 5) is 0. The second-order valence-electron chi connectivity index (χ2n) is 3.77. The Hall–Kier alpha value is -1.06. The van der Waals surface area contributed by atoms with Crippen molar-refractivity contribution in [1.82, 2.24) is 0 Å². The predicted molar refractivity (Wildman–Crippen MR) is 63.5 cm³/mol. The van der Waals surface area contributed by atoms with Crippen LogP contribution in [0, 0.1) is 0 Å². The summed E-state index contributed by atoms with van der Waals surface area (Å²) in [5.74, 6) is 0.810. The third-order valence-electron chi connectivity index (χ3n) is 2.47. The van der Waals surface area contributed by atoms with Crippen LogP contribution >= 0.6 is 0 Å². The van der Waals surface area contributed by atoms with Gasteiger partial charge < -0.3 is 14.9 Å². The molecule has 0 saturated heterocycles. The van der Waals surface area contributed by atoms with Gasteiger partial charge in [-0.05, 0) is 37.0 Å². The number of hydrogen-bond acceptors (Lipinski definition) is 3. The van der Waals surface area contributed by atoms with Crippen molar-refractivity contribution in [3.8, 4) is 5.75 Å². The van der Waals surface area contributed by atoms with E-state index in [-0.39, 0.29) is 12.7 Å². The summed E-state index contributed by atoms with van der Waals surface area (Å²) in [6, 6.07) is 7.51. The van der Waals surface area contributed by atoms with Crippen LogP contribution in [0.25, 0.3) is 0 Å². The first-order valence-electron chi connectivity index (χ1n) is 5.79. The van der Waals surface area contributed by atoms with Crippen molar-refractivity contribution in [1.29, 1.82) is 0 Å². The summed E-state index contributed by atoms with van der Waals surface area (Å²) in [5.41, 5.74) is 0.921. The van der Waals surface area contributed by atoms with Crippen molar-refractivity contribution in [2.24, 2.45) is 0 Å². The lowest BCUT2D eigenvalue weighted by Gasteiger charge is -2.09. The molecule has 90 valence electrons.